The van der Waals surface area contributed by atoms with E-state index in [1.807, 2.05) is 6.92 Å². The first-order valence-electron chi connectivity index (χ1n) is 7.60. The Morgan fingerprint density at radius 1 is 1.00 bits per heavy atom. The zero-order valence-electron chi connectivity index (χ0n) is 13.9. The number of ether oxygens (including phenoxy) is 3. The predicted molar refractivity (Wildman–Crippen MR) is 83.2 cm³/mol. The van der Waals surface area contributed by atoms with Crippen LogP contribution in [0, 0.1) is 5.41 Å². The second-order valence-corrected chi connectivity index (χ2v) is 6.03. The number of nitrogens with two attached hydrogens (primary N) is 1. The van der Waals surface area contributed by atoms with Crippen LogP contribution in [0.25, 0.3) is 0 Å². The first kappa shape index (κ1) is 20.3. The van der Waals surface area contributed by atoms with E-state index in [0.717, 1.165) is 0 Å². The van der Waals surface area contributed by atoms with Crippen LogP contribution in [0.1, 0.15) is 34.1 Å². The molecule has 6 nitrogen and oxygen atoms in total. The number of nitrogens with one attached hydrogen (secondary N) is 1. The summed E-state index contributed by atoms with van der Waals surface area (Å²) in [7, 11) is 0. The van der Waals surface area contributed by atoms with Crippen LogP contribution in [0.4, 0.5) is 0 Å². The van der Waals surface area contributed by atoms with Gasteiger partial charge in [0.2, 0.25) is 5.91 Å². The molecule has 0 unspecified atom stereocenters. The van der Waals surface area contributed by atoms with E-state index in [1.54, 1.807) is 0 Å². The average molecular weight is 304 g/mol. The van der Waals surface area contributed by atoms with Crippen LogP contribution in [-0.4, -0.2) is 58.1 Å². The normalized spacial score (nSPS) is 13.2. The molecule has 0 aromatic carbocycles. The highest BCUT2D eigenvalue weighted by Gasteiger charge is 2.21. The summed E-state index contributed by atoms with van der Waals surface area (Å²) < 4.78 is 15.8. The molecule has 0 rings (SSSR count). The van der Waals surface area contributed by atoms with E-state index < -0.39 is 0 Å². The Kier molecular flexibility index (Phi) is 11.5. The van der Waals surface area contributed by atoms with Gasteiger partial charge in [-0.25, -0.2) is 0 Å². The molecular formula is C15H32N2O4. The second kappa shape index (κ2) is 11.9. The lowest BCUT2D eigenvalue weighted by Gasteiger charge is -2.28. The van der Waals surface area contributed by atoms with Crippen LogP contribution in [-0.2, 0) is 19.0 Å². The lowest BCUT2D eigenvalue weighted by Crippen LogP contribution is -2.41. The first-order chi connectivity index (χ1) is 9.88. The van der Waals surface area contributed by atoms with Crippen molar-refractivity contribution in [2.45, 2.75) is 40.2 Å². The number of hydrogen-bond donors (Lipinski definition) is 2. The summed E-state index contributed by atoms with van der Waals surface area (Å²) in [5.41, 5.74) is 5.35. The van der Waals surface area contributed by atoms with Crippen LogP contribution in [0.5, 0.6) is 0 Å². The quantitative estimate of drug-likeness (QED) is 0.524. The van der Waals surface area contributed by atoms with Crippen molar-refractivity contribution in [2.75, 3.05) is 46.2 Å². The van der Waals surface area contributed by atoms with E-state index in [2.05, 4.69) is 26.1 Å². The van der Waals surface area contributed by atoms with E-state index >= 15 is 0 Å². The first-order valence-corrected chi connectivity index (χ1v) is 7.60. The third-order valence-electron chi connectivity index (χ3n) is 3.16. The third-order valence-corrected chi connectivity index (χ3v) is 3.16. The Balaban J connectivity index is 3.37. The van der Waals surface area contributed by atoms with Crippen molar-refractivity contribution in [2.24, 2.45) is 11.1 Å². The van der Waals surface area contributed by atoms with Crippen molar-refractivity contribution in [3.05, 3.63) is 0 Å². The smallest absolute Gasteiger partial charge is 0.222 e. The monoisotopic (exact) mass is 304 g/mol. The van der Waals surface area contributed by atoms with Gasteiger partial charge < -0.3 is 25.3 Å². The van der Waals surface area contributed by atoms with E-state index in [9.17, 15) is 4.79 Å². The molecule has 0 saturated carbocycles. The molecule has 0 fully saturated rings. The molecule has 0 aromatic rings. The molecule has 0 radical (unpaired) electrons. The molecule has 0 spiro atoms. The van der Waals surface area contributed by atoms with Gasteiger partial charge >= 0.3 is 0 Å². The Labute approximate surface area is 128 Å². The largest absolute Gasteiger partial charge is 0.379 e. The lowest BCUT2D eigenvalue weighted by molar-refractivity contribution is -0.123. The maximum Gasteiger partial charge on any atom is 0.222 e. The third kappa shape index (κ3) is 12.7. The van der Waals surface area contributed by atoms with Gasteiger partial charge in [0.25, 0.3) is 0 Å². The number of amides is 1. The molecule has 0 saturated heterocycles. The van der Waals surface area contributed by atoms with Crippen molar-refractivity contribution in [1.29, 1.82) is 0 Å². The Hall–Kier alpha value is -0.690. The van der Waals surface area contributed by atoms with Gasteiger partial charge in [0.15, 0.2) is 0 Å². The summed E-state index contributed by atoms with van der Waals surface area (Å²) in [5, 5.41) is 2.97. The highest BCUT2D eigenvalue weighted by atomic mass is 16.5. The molecule has 0 heterocycles. The van der Waals surface area contributed by atoms with Crippen LogP contribution < -0.4 is 11.1 Å². The molecule has 1 atom stereocenters. The topological polar surface area (TPSA) is 82.8 Å². The summed E-state index contributed by atoms with van der Waals surface area (Å²) in [6, 6.07) is 0.141. The molecule has 126 valence electrons. The molecule has 0 aliphatic rings. The zero-order chi connectivity index (χ0) is 16.1. The molecule has 6 heteroatoms. The van der Waals surface area contributed by atoms with Gasteiger partial charge in [0.1, 0.15) is 0 Å². The maximum atomic E-state index is 11.7. The molecule has 1 amide bonds. The van der Waals surface area contributed by atoms with Gasteiger partial charge in [-0.2, -0.15) is 0 Å². The molecule has 21 heavy (non-hydrogen) atoms. The Bertz CT molecular complexity index is 267. The van der Waals surface area contributed by atoms with Gasteiger partial charge in [-0.1, -0.05) is 20.8 Å². The summed E-state index contributed by atoms with van der Waals surface area (Å²) >= 11 is 0. The summed E-state index contributed by atoms with van der Waals surface area (Å²) in [6.07, 6.45) is 0.375. The summed E-state index contributed by atoms with van der Waals surface area (Å²) in [5.74, 6) is 0.0218. The fourth-order valence-electron chi connectivity index (χ4n) is 1.32. The Morgan fingerprint density at radius 2 is 1.48 bits per heavy atom. The van der Waals surface area contributed by atoms with Crippen LogP contribution >= 0.6 is 0 Å². The summed E-state index contributed by atoms with van der Waals surface area (Å²) in [6.45, 7) is 11.9. The molecular weight excluding hydrogens is 272 g/mol. The maximum absolute atomic E-state index is 11.7. The number of carbonyl (C=O) groups is 1. The standard InChI is InChI=1S/C15H32N2O4/c1-13(15(2,3)4)17-14(18)5-7-19-9-11-21-12-10-20-8-6-16/h13H,5-12,16H2,1-4H3,(H,17,18)/t13-/m0/s1. The Morgan fingerprint density at radius 3 is 1.95 bits per heavy atom. The minimum absolute atomic E-state index is 0.0218. The van der Waals surface area contributed by atoms with Crippen molar-refractivity contribution in [1.82, 2.24) is 5.32 Å². The number of carbonyl (C=O) groups excluding carboxylic acids is 1. The van der Waals surface area contributed by atoms with Crippen molar-refractivity contribution >= 4 is 5.91 Å². The second-order valence-electron chi connectivity index (χ2n) is 6.03. The molecule has 0 aliphatic carbocycles. The fourth-order valence-corrected chi connectivity index (χ4v) is 1.32. The van der Waals surface area contributed by atoms with Gasteiger partial charge in [-0.05, 0) is 12.3 Å². The zero-order valence-corrected chi connectivity index (χ0v) is 13.9. The summed E-state index contributed by atoms with van der Waals surface area (Å²) in [4.78, 5) is 11.7. The van der Waals surface area contributed by atoms with Crippen LogP contribution in [0.2, 0.25) is 0 Å². The van der Waals surface area contributed by atoms with E-state index in [0.29, 0.717) is 52.6 Å². The SMILES string of the molecule is C[C@H](NC(=O)CCOCCOCCOCCN)C(C)(C)C. The van der Waals surface area contributed by atoms with Crippen LogP contribution in [0.15, 0.2) is 0 Å². The average Bonchev–Trinajstić information content (AvgIpc) is 2.39. The molecule has 3 N–H and O–H groups in total. The predicted octanol–water partition coefficient (Wildman–Crippen LogP) is 0.936. The van der Waals surface area contributed by atoms with Gasteiger partial charge in [-0.3, -0.25) is 4.79 Å². The highest BCUT2D eigenvalue weighted by molar-refractivity contribution is 5.76. The number of hydrogen-bond acceptors (Lipinski definition) is 5. The van der Waals surface area contributed by atoms with E-state index in [-0.39, 0.29) is 17.4 Å². The minimum atomic E-state index is 0.0218. The van der Waals surface area contributed by atoms with Crippen LogP contribution in [0.3, 0.4) is 0 Å². The van der Waals surface area contributed by atoms with Gasteiger partial charge in [-0.15, -0.1) is 0 Å². The van der Waals surface area contributed by atoms with E-state index in [4.69, 9.17) is 19.9 Å². The van der Waals surface area contributed by atoms with Crippen molar-refractivity contribution in [3.63, 3.8) is 0 Å². The van der Waals surface area contributed by atoms with Gasteiger partial charge in [0, 0.05) is 19.0 Å². The number of rotatable bonds is 12. The van der Waals surface area contributed by atoms with E-state index in [1.165, 1.54) is 0 Å². The van der Waals surface area contributed by atoms with Crippen molar-refractivity contribution in [3.8, 4) is 0 Å². The van der Waals surface area contributed by atoms with Gasteiger partial charge in [0.05, 0.1) is 39.6 Å². The molecule has 0 aromatic heterocycles. The molecule has 0 aliphatic heterocycles. The minimum Gasteiger partial charge on any atom is -0.379 e. The highest BCUT2D eigenvalue weighted by Crippen LogP contribution is 2.18. The van der Waals surface area contributed by atoms with Crippen molar-refractivity contribution < 1.29 is 19.0 Å². The fraction of sp³-hybridized carbons (Fsp3) is 0.933. The lowest BCUT2D eigenvalue weighted by atomic mass is 9.88. The molecule has 0 bridgehead atoms.